The number of carbonyl (C=O) groups is 2. The van der Waals surface area contributed by atoms with Gasteiger partial charge in [0.15, 0.2) is 0 Å². The molecular weight excluding hydrogens is 402 g/mol. The third-order valence-corrected chi connectivity index (χ3v) is 8.17. The van der Waals surface area contributed by atoms with Crippen molar-refractivity contribution in [2.24, 2.45) is 35.0 Å². The molecule has 0 atom stereocenters. The first kappa shape index (κ1) is 23.1. The molecule has 0 unspecified atom stereocenters. The summed E-state index contributed by atoms with van der Waals surface area (Å²) < 4.78 is 7.67. The van der Waals surface area contributed by atoms with Crippen molar-refractivity contribution in [2.45, 2.75) is 78.7 Å². The number of nitrogens with one attached hydrogen (secondary N) is 1. The molecular formula is C26H39N3O3. The number of aromatic nitrogens is 2. The molecule has 6 nitrogen and oxygen atoms in total. The van der Waals surface area contributed by atoms with Gasteiger partial charge in [-0.15, -0.1) is 0 Å². The quantitative estimate of drug-likeness (QED) is 0.522. The van der Waals surface area contributed by atoms with E-state index in [4.69, 9.17) is 4.74 Å². The molecule has 0 aliphatic heterocycles. The molecule has 1 N–H and O–H groups in total. The smallest absolute Gasteiger partial charge is 0.258 e. The average Bonchev–Trinajstić information content (AvgIpc) is 3.18. The second-order valence-corrected chi connectivity index (χ2v) is 10.8. The Morgan fingerprint density at radius 1 is 1.19 bits per heavy atom. The van der Waals surface area contributed by atoms with Gasteiger partial charge in [-0.1, -0.05) is 33.8 Å². The molecule has 1 aromatic rings. The van der Waals surface area contributed by atoms with Crippen LogP contribution in [0.25, 0.3) is 6.20 Å². The second-order valence-electron chi connectivity index (χ2n) is 10.8. The van der Waals surface area contributed by atoms with Gasteiger partial charge in [0.1, 0.15) is 11.8 Å². The van der Waals surface area contributed by atoms with E-state index in [1.165, 1.54) is 32.1 Å². The highest BCUT2D eigenvalue weighted by Crippen LogP contribution is 2.53. The number of amides is 1. The predicted molar refractivity (Wildman–Crippen MR) is 125 cm³/mol. The van der Waals surface area contributed by atoms with E-state index in [1.807, 2.05) is 19.9 Å². The molecule has 5 rings (SSSR count). The van der Waals surface area contributed by atoms with Crippen LogP contribution in [0.4, 0.5) is 0 Å². The highest BCUT2D eigenvalue weighted by Gasteiger charge is 2.48. The summed E-state index contributed by atoms with van der Waals surface area (Å²) >= 11 is 0. The van der Waals surface area contributed by atoms with Gasteiger partial charge >= 0.3 is 0 Å². The Balaban J connectivity index is 1.55. The van der Waals surface area contributed by atoms with Gasteiger partial charge in [-0.2, -0.15) is 5.10 Å². The van der Waals surface area contributed by atoms with Crippen LogP contribution in [0.5, 0.6) is 5.88 Å². The van der Waals surface area contributed by atoms with Crippen molar-refractivity contribution in [3.8, 4) is 5.88 Å². The van der Waals surface area contributed by atoms with Crippen molar-refractivity contribution in [3.63, 3.8) is 0 Å². The van der Waals surface area contributed by atoms with Gasteiger partial charge in [0.25, 0.3) is 5.91 Å². The molecule has 4 saturated carbocycles. The number of carbonyl (C=O) groups excluding carboxylic acids is 2. The molecule has 4 bridgehead atoms. The lowest BCUT2D eigenvalue weighted by atomic mass is 9.54. The molecule has 1 amide bonds. The van der Waals surface area contributed by atoms with E-state index in [2.05, 4.69) is 24.3 Å². The molecule has 4 aliphatic rings. The molecule has 1 heterocycles. The Morgan fingerprint density at radius 3 is 2.34 bits per heavy atom. The number of aldehydes is 1. The maximum atomic E-state index is 13.4. The number of allylic oxidation sites excluding steroid dienone is 1. The van der Waals surface area contributed by atoms with Crippen LogP contribution in [0.1, 0.15) is 83.0 Å². The average molecular weight is 442 g/mol. The number of nitrogens with zero attached hydrogens (tertiary/aromatic N) is 2. The van der Waals surface area contributed by atoms with Crippen LogP contribution < -0.4 is 10.1 Å². The SMILES string of the molecule is CCC(C=O)(/C=C/n1ncc(C(=O)NC2C3CC4CC(C3)CC2C4)c1OCC(C)C)CC. The fourth-order valence-electron chi connectivity index (χ4n) is 6.30. The van der Waals surface area contributed by atoms with Crippen molar-refractivity contribution in [1.82, 2.24) is 15.1 Å². The minimum Gasteiger partial charge on any atom is -0.477 e. The Hall–Kier alpha value is -2.11. The number of hydrogen-bond donors (Lipinski definition) is 1. The molecule has 176 valence electrons. The highest BCUT2D eigenvalue weighted by molar-refractivity contribution is 5.96. The molecule has 0 aromatic carbocycles. The Labute approximate surface area is 192 Å². The molecule has 1 aromatic heterocycles. The summed E-state index contributed by atoms with van der Waals surface area (Å²) in [5.41, 5.74) is -0.0434. The van der Waals surface area contributed by atoms with Gasteiger partial charge < -0.3 is 14.8 Å². The Bertz CT molecular complexity index is 824. The number of rotatable bonds is 10. The summed E-state index contributed by atoms with van der Waals surface area (Å²) in [5.74, 6) is 3.68. The van der Waals surface area contributed by atoms with Gasteiger partial charge in [0.2, 0.25) is 5.88 Å². The molecule has 4 fully saturated rings. The van der Waals surface area contributed by atoms with Crippen molar-refractivity contribution in [3.05, 3.63) is 17.8 Å². The third kappa shape index (κ3) is 4.51. The molecule has 0 spiro atoms. The zero-order chi connectivity index (χ0) is 22.9. The van der Waals surface area contributed by atoms with Gasteiger partial charge in [0.05, 0.1) is 12.8 Å². The molecule has 6 heteroatoms. The molecule has 0 radical (unpaired) electrons. The van der Waals surface area contributed by atoms with Crippen LogP contribution in [-0.2, 0) is 4.79 Å². The minimum absolute atomic E-state index is 0.0893. The lowest BCUT2D eigenvalue weighted by Gasteiger charge is -2.54. The van der Waals surface area contributed by atoms with Crippen LogP contribution in [0.2, 0.25) is 0 Å². The maximum Gasteiger partial charge on any atom is 0.258 e. The van der Waals surface area contributed by atoms with E-state index in [9.17, 15) is 9.59 Å². The van der Waals surface area contributed by atoms with Crippen molar-refractivity contribution in [2.75, 3.05) is 6.61 Å². The Kier molecular flexibility index (Phi) is 6.78. The summed E-state index contributed by atoms with van der Waals surface area (Å²) in [7, 11) is 0. The van der Waals surface area contributed by atoms with Crippen molar-refractivity contribution < 1.29 is 14.3 Å². The maximum absolute atomic E-state index is 13.4. The first-order valence-corrected chi connectivity index (χ1v) is 12.5. The third-order valence-electron chi connectivity index (χ3n) is 8.17. The zero-order valence-corrected chi connectivity index (χ0v) is 20.0. The first-order chi connectivity index (χ1) is 15.4. The van der Waals surface area contributed by atoms with Crippen LogP contribution >= 0.6 is 0 Å². The van der Waals surface area contributed by atoms with E-state index in [-0.39, 0.29) is 11.9 Å². The van der Waals surface area contributed by atoms with Crippen molar-refractivity contribution in [1.29, 1.82) is 0 Å². The molecule has 4 aliphatic carbocycles. The Morgan fingerprint density at radius 2 is 1.81 bits per heavy atom. The van der Waals surface area contributed by atoms with Crippen LogP contribution in [0.15, 0.2) is 12.3 Å². The zero-order valence-electron chi connectivity index (χ0n) is 20.0. The summed E-state index contributed by atoms with van der Waals surface area (Å²) in [5, 5.41) is 7.81. The first-order valence-electron chi connectivity index (χ1n) is 12.5. The fraction of sp³-hybridized carbons (Fsp3) is 0.731. The highest BCUT2D eigenvalue weighted by atomic mass is 16.5. The second kappa shape index (κ2) is 9.40. The van der Waals surface area contributed by atoms with E-state index in [1.54, 1.807) is 17.1 Å². The number of ether oxygens (including phenoxy) is 1. The summed E-state index contributed by atoms with van der Waals surface area (Å²) in [6, 6.07) is 0.273. The monoisotopic (exact) mass is 441 g/mol. The number of hydrogen-bond acceptors (Lipinski definition) is 4. The lowest BCUT2D eigenvalue weighted by Crippen LogP contribution is -2.55. The largest absolute Gasteiger partial charge is 0.477 e. The predicted octanol–water partition coefficient (Wildman–Crippen LogP) is 4.95. The van der Waals surface area contributed by atoms with E-state index in [0.717, 1.165) is 18.1 Å². The fourth-order valence-corrected chi connectivity index (χ4v) is 6.30. The summed E-state index contributed by atoms with van der Waals surface area (Å²) in [6.07, 6.45) is 14.1. The van der Waals surface area contributed by atoms with Gasteiger partial charge in [-0.25, -0.2) is 4.68 Å². The topological polar surface area (TPSA) is 73.2 Å². The molecule has 0 saturated heterocycles. The normalized spacial score (nSPS) is 29.1. The lowest BCUT2D eigenvalue weighted by molar-refractivity contribution is -0.114. The minimum atomic E-state index is -0.524. The van der Waals surface area contributed by atoms with Crippen LogP contribution in [0, 0.1) is 35.0 Å². The van der Waals surface area contributed by atoms with Crippen LogP contribution in [0.3, 0.4) is 0 Å². The van der Waals surface area contributed by atoms with E-state index >= 15 is 0 Å². The van der Waals surface area contributed by atoms with Gasteiger partial charge in [0, 0.05) is 17.7 Å². The summed E-state index contributed by atoms with van der Waals surface area (Å²) in [6.45, 7) is 8.67. The van der Waals surface area contributed by atoms with Gasteiger partial charge in [-0.05, 0) is 74.5 Å². The standard InChI is InChI=1S/C26H39N3O3/c1-5-26(6-2,16-30)7-8-29-25(32-15-17(3)4)22(14-27-29)24(31)28-23-20-10-18-9-19(12-20)13-21(23)11-18/h7-8,14,16-21,23H,5-6,9-13,15H2,1-4H3,(H,28,31)/b8-7+. The van der Waals surface area contributed by atoms with Gasteiger partial charge in [-0.3, -0.25) is 4.79 Å². The van der Waals surface area contributed by atoms with Crippen LogP contribution in [-0.4, -0.2) is 34.6 Å². The molecule has 32 heavy (non-hydrogen) atoms. The summed E-state index contributed by atoms with van der Waals surface area (Å²) in [4.78, 5) is 25.1. The van der Waals surface area contributed by atoms with E-state index < -0.39 is 5.41 Å². The van der Waals surface area contributed by atoms with Crippen molar-refractivity contribution >= 4 is 18.4 Å². The van der Waals surface area contributed by atoms with E-state index in [0.29, 0.717) is 48.6 Å².